The van der Waals surface area contributed by atoms with E-state index in [2.05, 4.69) is 13.8 Å². The van der Waals surface area contributed by atoms with E-state index in [1.807, 2.05) is 0 Å². The zero-order chi connectivity index (χ0) is 8.69. The molecule has 0 aliphatic carbocycles. The van der Waals surface area contributed by atoms with Gasteiger partial charge in [0.15, 0.2) is 0 Å². The van der Waals surface area contributed by atoms with Crippen LogP contribution in [0.15, 0.2) is 0 Å². The third kappa shape index (κ3) is 6.32. The van der Waals surface area contributed by atoms with Gasteiger partial charge in [0, 0.05) is 7.11 Å². The fourth-order valence-electron chi connectivity index (χ4n) is 1.07. The Bertz CT molecular complexity index is 85.6. The molecule has 0 bridgehead atoms. The molecule has 2 N–H and O–H groups in total. The first-order chi connectivity index (χ1) is 5.20. The normalized spacial score (nSPS) is 16.4. The van der Waals surface area contributed by atoms with E-state index >= 15 is 0 Å². The number of nitrogens with two attached hydrogens (primary N) is 1. The molecule has 0 saturated heterocycles. The molecule has 0 spiro atoms. The molecule has 0 amide bonds. The predicted octanol–water partition coefficient (Wildman–Crippen LogP) is 1.79. The van der Waals surface area contributed by atoms with Crippen LogP contribution in [0.2, 0.25) is 0 Å². The van der Waals surface area contributed by atoms with Gasteiger partial charge in [-0.05, 0) is 38.6 Å². The minimum atomic E-state index is 0.398. The van der Waals surface area contributed by atoms with E-state index in [0.29, 0.717) is 6.10 Å². The Hall–Kier alpha value is -0.0800. The Balaban J connectivity index is 3.22. The molecule has 0 aliphatic rings. The molecule has 0 aliphatic heterocycles. The molecule has 0 fully saturated rings. The molecule has 0 radical (unpaired) electrons. The van der Waals surface area contributed by atoms with Crippen LogP contribution >= 0.6 is 0 Å². The first kappa shape index (κ1) is 10.9. The van der Waals surface area contributed by atoms with E-state index in [4.69, 9.17) is 10.5 Å². The Morgan fingerprint density at radius 3 is 2.27 bits per heavy atom. The molecule has 0 heterocycles. The first-order valence-corrected chi connectivity index (χ1v) is 4.43. The Kier molecular flexibility index (Phi) is 6.57. The highest BCUT2D eigenvalue weighted by Crippen LogP contribution is 2.11. The lowest BCUT2D eigenvalue weighted by atomic mass is 10.0. The highest BCUT2D eigenvalue weighted by molar-refractivity contribution is 4.57. The van der Waals surface area contributed by atoms with Crippen LogP contribution in [0.1, 0.15) is 33.1 Å². The van der Waals surface area contributed by atoms with Gasteiger partial charge in [0.25, 0.3) is 0 Å². The summed E-state index contributed by atoms with van der Waals surface area (Å²) in [6, 6.07) is 0. The van der Waals surface area contributed by atoms with Crippen molar-refractivity contribution in [1.29, 1.82) is 0 Å². The van der Waals surface area contributed by atoms with Crippen LogP contribution in [-0.4, -0.2) is 19.8 Å². The van der Waals surface area contributed by atoms with Gasteiger partial charge >= 0.3 is 0 Å². The summed E-state index contributed by atoms with van der Waals surface area (Å²) in [5.74, 6) is 0.748. The number of hydrogen-bond acceptors (Lipinski definition) is 2. The van der Waals surface area contributed by atoms with E-state index in [1.165, 1.54) is 6.42 Å². The molecular formula is C9H21NO. The van der Waals surface area contributed by atoms with Crippen molar-refractivity contribution in [3.8, 4) is 0 Å². The maximum Gasteiger partial charge on any atom is 0.0543 e. The van der Waals surface area contributed by atoms with Gasteiger partial charge < -0.3 is 10.5 Å². The molecule has 0 aromatic rings. The number of hydrogen-bond donors (Lipinski definition) is 1. The lowest BCUT2D eigenvalue weighted by Gasteiger charge is -2.13. The second kappa shape index (κ2) is 6.62. The van der Waals surface area contributed by atoms with Gasteiger partial charge in [0.05, 0.1) is 6.10 Å². The summed E-state index contributed by atoms with van der Waals surface area (Å²) in [6.45, 7) is 5.16. The highest BCUT2D eigenvalue weighted by atomic mass is 16.5. The maximum absolute atomic E-state index is 5.44. The Morgan fingerprint density at radius 2 is 1.82 bits per heavy atom. The quantitative estimate of drug-likeness (QED) is 0.641. The van der Waals surface area contributed by atoms with Crippen molar-refractivity contribution in [2.24, 2.45) is 11.7 Å². The third-order valence-corrected chi connectivity index (χ3v) is 2.13. The van der Waals surface area contributed by atoms with Crippen molar-refractivity contribution in [2.75, 3.05) is 13.7 Å². The van der Waals surface area contributed by atoms with Crippen LogP contribution in [0.4, 0.5) is 0 Å². The van der Waals surface area contributed by atoms with Gasteiger partial charge in [0.1, 0.15) is 0 Å². The highest BCUT2D eigenvalue weighted by Gasteiger charge is 2.04. The van der Waals surface area contributed by atoms with Crippen molar-refractivity contribution in [2.45, 2.75) is 39.2 Å². The van der Waals surface area contributed by atoms with Gasteiger partial charge in [0.2, 0.25) is 0 Å². The van der Waals surface area contributed by atoms with Gasteiger partial charge in [-0.15, -0.1) is 0 Å². The summed E-state index contributed by atoms with van der Waals surface area (Å²) in [7, 11) is 1.76. The Labute approximate surface area is 70.1 Å². The summed E-state index contributed by atoms with van der Waals surface area (Å²) >= 11 is 0. The second-order valence-corrected chi connectivity index (χ2v) is 3.31. The minimum absolute atomic E-state index is 0.398. The molecule has 2 heteroatoms. The molecule has 0 rings (SSSR count). The van der Waals surface area contributed by atoms with Crippen LogP contribution in [0, 0.1) is 5.92 Å². The smallest absolute Gasteiger partial charge is 0.0543 e. The molecule has 2 nitrogen and oxygen atoms in total. The van der Waals surface area contributed by atoms with Crippen LogP contribution in [-0.2, 0) is 4.74 Å². The van der Waals surface area contributed by atoms with Crippen LogP contribution in [0.5, 0.6) is 0 Å². The summed E-state index contributed by atoms with van der Waals surface area (Å²) in [4.78, 5) is 0. The Morgan fingerprint density at radius 1 is 1.18 bits per heavy atom. The zero-order valence-corrected chi connectivity index (χ0v) is 7.97. The minimum Gasteiger partial charge on any atom is -0.382 e. The molecular weight excluding hydrogens is 138 g/mol. The summed E-state index contributed by atoms with van der Waals surface area (Å²) in [5.41, 5.74) is 5.44. The average Bonchev–Trinajstić information content (AvgIpc) is 2.01. The fraction of sp³-hybridized carbons (Fsp3) is 1.00. The second-order valence-electron chi connectivity index (χ2n) is 3.31. The zero-order valence-electron chi connectivity index (χ0n) is 7.97. The molecule has 2 atom stereocenters. The maximum atomic E-state index is 5.44. The lowest BCUT2D eigenvalue weighted by molar-refractivity contribution is 0.105. The van der Waals surface area contributed by atoms with Crippen molar-refractivity contribution in [3.05, 3.63) is 0 Å². The number of methoxy groups -OCH3 is 1. The van der Waals surface area contributed by atoms with Crippen molar-refractivity contribution < 1.29 is 4.74 Å². The first-order valence-electron chi connectivity index (χ1n) is 4.43. The number of ether oxygens (including phenoxy) is 1. The SMILES string of the molecule is COC(C)CCC(C)CCN. The van der Waals surface area contributed by atoms with Crippen LogP contribution < -0.4 is 5.73 Å². The van der Waals surface area contributed by atoms with Gasteiger partial charge in [-0.25, -0.2) is 0 Å². The largest absolute Gasteiger partial charge is 0.382 e. The monoisotopic (exact) mass is 159 g/mol. The van der Waals surface area contributed by atoms with Gasteiger partial charge in [-0.3, -0.25) is 0 Å². The molecule has 0 aromatic carbocycles. The van der Waals surface area contributed by atoms with Crippen LogP contribution in [0.3, 0.4) is 0 Å². The average molecular weight is 159 g/mol. The molecule has 0 aromatic heterocycles. The van der Waals surface area contributed by atoms with E-state index in [0.717, 1.165) is 25.3 Å². The van der Waals surface area contributed by atoms with E-state index in [1.54, 1.807) is 7.11 Å². The lowest BCUT2D eigenvalue weighted by Crippen LogP contribution is -2.10. The molecule has 11 heavy (non-hydrogen) atoms. The summed E-state index contributed by atoms with van der Waals surface area (Å²) in [5, 5.41) is 0. The molecule has 0 saturated carbocycles. The molecule has 68 valence electrons. The number of rotatable bonds is 6. The van der Waals surface area contributed by atoms with Gasteiger partial charge in [-0.2, -0.15) is 0 Å². The van der Waals surface area contributed by atoms with Crippen LogP contribution in [0.25, 0.3) is 0 Å². The summed E-state index contributed by atoms with van der Waals surface area (Å²) < 4.78 is 5.15. The molecule has 2 unspecified atom stereocenters. The van der Waals surface area contributed by atoms with Crippen molar-refractivity contribution in [3.63, 3.8) is 0 Å². The van der Waals surface area contributed by atoms with E-state index in [9.17, 15) is 0 Å². The van der Waals surface area contributed by atoms with E-state index < -0.39 is 0 Å². The summed E-state index contributed by atoms with van der Waals surface area (Å²) in [6.07, 6.45) is 3.91. The third-order valence-electron chi connectivity index (χ3n) is 2.13. The van der Waals surface area contributed by atoms with Gasteiger partial charge in [-0.1, -0.05) is 6.92 Å². The fourth-order valence-corrected chi connectivity index (χ4v) is 1.07. The van der Waals surface area contributed by atoms with E-state index in [-0.39, 0.29) is 0 Å². The topological polar surface area (TPSA) is 35.2 Å². The van der Waals surface area contributed by atoms with Crippen molar-refractivity contribution in [1.82, 2.24) is 0 Å². The predicted molar refractivity (Wildman–Crippen MR) is 48.5 cm³/mol. The van der Waals surface area contributed by atoms with Crippen molar-refractivity contribution >= 4 is 0 Å². The standard InChI is InChI=1S/C9H21NO/c1-8(6-7-10)4-5-9(2)11-3/h8-9H,4-7,10H2,1-3H3.